The third kappa shape index (κ3) is 2.29. The van der Waals surface area contributed by atoms with Crippen LogP contribution in [-0.4, -0.2) is 23.4 Å². The summed E-state index contributed by atoms with van der Waals surface area (Å²) in [6.45, 7) is 1.89. The van der Waals surface area contributed by atoms with E-state index in [9.17, 15) is 9.59 Å². The fourth-order valence-corrected chi connectivity index (χ4v) is 2.01. The monoisotopic (exact) mass is 257 g/mol. The Balaban J connectivity index is 2.44. The van der Waals surface area contributed by atoms with Gasteiger partial charge in [0.25, 0.3) is 0 Å². The lowest BCUT2D eigenvalue weighted by Gasteiger charge is -2.07. The van der Waals surface area contributed by atoms with Crippen LogP contribution in [0.4, 0.5) is 0 Å². The fourth-order valence-electron chi connectivity index (χ4n) is 2.01. The van der Waals surface area contributed by atoms with Crippen molar-refractivity contribution in [1.82, 2.24) is 4.57 Å². The Kier molecular flexibility index (Phi) is 3.51. The van der Waals surface area contributed by atoms with Gasteiger partial charge < -0.3 is 9.30 Å². The van der Waals surface area contributed by atoms with E-state index in [4.69, 9.17) is 0 Å². The summed E-state index contributed by atoms with van der Waals surface area (Å²) in [7, 11) is 3.00. The van der Waals surface area contributed by atoms with Crippen LogP contribution >= 0.6 is 0 Å². The molecular weight excluding hydrogens is 242 g/mol. The quantitative estimate of drug-likeness (QED) is 0.626. The second-order valence-electron chi connectivity index (χ2n) is 4.30. The van der Waals surface area contributed by atoms with Gasteiger partial charge in [0.05, 0.1) is 12.8 Å². The second kappa shape index (κ2) is 5.10. The molecule has 0 N–H and O–H groups in total. The SMILES string of the molecule is COC(=O)c1ccc(C(=O)c2ccccc2C)n1C. The molecule has 0 saturated heterocycles. The minimum atomic E-state index is -0.452. The van der Waals surface area contributed by atoms with Crippen LogP contribution in [0.15, 0.2) is 36.4 Å². The molecule has 0 spiro atoms. The van der Waals surface area contributed by atoms with E-state index in [1.165, 1.54) is 7.11 Å². The zero-order valence-corrected chi connectivity index (χ0v) is 11.1. The summed E-state index contributed by atoms with van der Waals surface area (Å²) in [6, 6.07) is 10.6. The average molecular weight is 257 g/mol. The molecule has 4 nitrogen and oxygen atoms in total. The van der Waals surface area contributed by atoms with Crippen LogP contribution in [0.1, 0.15) is 32.1 Å². The summed E-state index contributed by atoms with van der Waals surface area (Å²) in [5, 5.41) is 0. The fraction of sp³-hybridized carbons (Fsp3) is 0.200. The number of carbonyl (C=O) groups excluding carboxylic acids is 2. The van der Waals surface area contributed by atoms with Crippen LogP contribution in [0.25, 0.3) is 0 Å². The van der Waals surface area contributed by atoms with E-state index in [0.717, 1.165) is 5.56 Å². The standard InChI is InChI=1S/C15H15NO3/c1-10-6-4-5-7-11(10)14(17)12-8-9-13(16(12)2)15(18)19-3/h4-9H,1-3H3. The number of aromatic nitrogens is 1. The number of hydrogen-bond acceptors (Lipinski definition) is 3. The van der Waals surface area contributed by atoms with Crippen LogP contribution in [0, 0.1) is 6.92 Å². The van der Waals surface area contributed by atoms with E-state index in [2.05, 4.69) is 4.74 Å². The minimum Gasteiger partial charge on any atom is -0.464 e. The van der Waals surface area contributed by atoms with Gasteiger partial charge in [-0.05, 0) is 24.6 Å². The number of esters is 1. The number of ketones is 1. The predicted molar refractivity (Wildman–Crippen MR) is 71.4 cm³/mol. The first-order valence-electron chi connectivity index (χ1n) is 5.90. The van der Waals surface area contributed by atoms with E-state index in [1.54, 1.807) is 29.8 Å². The van der Waals surface area contributed by atoms with Crippen molar-refractivity contribution in [3.63, 3.8) is 0 Å². The molecule has 0 aliphatic rings. The highest BCUT2D eigenvalue weighted by atomic mass is 16.5. The van der Waals surface area contributed by atoms with Crippen molar-refractivity contribution in [3.8, 4) is 0 Å². The third-order valence-corrected chi connectivity index (χ3v) is 3.14. The Hall–Kier alpha value is -2.36. The Morgan fingerprint density at radius 3 is 2.32 bits per heavy atom. The summed E-state index contributed by atoms with van der Waals surface area (Å²) in [5.74, 6) is -0.554. The molecule has 98 valence electrons. The van der Waals surface area contributed by atoms with Gasteiger partial charge in [-0.15, -0.1) is 0 Å². The average Bonchev–Trinajstić information content (AvgIpc) is 2.79. The highest BCUT2D eigenvalue weighted by molar-refractivity contribution is 6.09. The van der Waals surface area contributed by atoms with E-state index in [1.807, 2.05) is 25.1 Å². The van der Waals surface area contributed by atoms with Gasteiger partial charge in [-0.1, -0.05) is 24.3 Å². The van der Waals surface area contributed by atoms with Gasteiger partial charge in [-0.2, -0.15) is 0 Å². The topological polar surface area (TPSA) is 48.3 Å². The Morgan fingerprint density at radius 2 is 1.68 bits per heavy atom. The molecule has 0 unspecified atom stereocenters. The second-order valence-corrected chi connectivity index (χ2v) is 4.30. The maximum absolute atomic E-state index is 12.4. The van der Waals surface area contributed by atoms with Crippen molar-refractivity contribution in [2.24, 2.45) is 7.05 Å². The van der Waals surface area contributed by atoms with Gasteiger partial charge in [0, 0.05) is 12.6 Å². The molecule has 19 heavy (non-hydrogen) atoms. The van der Waals surface area contributed by atoms with Crippen molar-refractivity contribution >= 4 is 11.8 Å². The molecule has 0 fully saturated rings. The van der Waals surface area contributed by atoms with Crippen LogP contribution < -0.4 is 0 Å². The molecule has 1 aromatic heterocycles. The molecule has 0 radical (unpaired) electrons. The molecule has 4 heteroatoms. The summed E-state index contributed by atoms with van der Waals surface area (Å²) in [5.41, 5.74) is 2.38. The van der Waals surface area contributed by atoms with Gasteiger partial charge in [0.2, 0.25) is 5.78 Å². The van der Waals surface area contributed by atoms with Crippen molar-refractivity contribution in [1.29, 1.82) is 0 Å². The third-order valence-electron chi connectivity index (χ3n) is 3.14. The van der Waals surface area contributed by atoms with Gasteiger partial charge >= 0.3 is 5.97 Å². The molecule has 0 amide bonds. The number of nitrogens with zero attached hydrogens (tertiary/aromatic N) is 1. The van der Waals surface area contributed by atoms with Crippen molar-refractivity contribution in [3.05, 3.63) is 58.9 Å². The molecule has 0 saturated carbocycles. The van der Waals surface area contributed by atoms with Crippen LogP contribution in [0.2, 0.25) is 0 Å². The van der Waals surface area contributed by atoms with Crippen molar-refractivity contribution < 1.29 is 14.3 Å². The molecule has 2 aromatic rings. The molecule has 1 heterocycles. The molecule has 0 aliphatic heterocycles. The lowest BCUT2D eigenvalue weighted by molar-refractivity contribution is 0.0590. The Morgan fingerprint density at radius 1 is 1.05 bits per heavy atom. The van der Waals surface area contributed by atoms with Crippen molar-refractivity contribution in [2.75, 3.05) is 7.11 Å². The molecule has 1 aromatic carbocycles. The number of carbonyl (C=O) groups is 2. The normalized spacial score (nSPS) is 10.3. The van der Waals surface area contributed by atoms with Crippen LogP contribution in [0.3, 0.4) is 0 Å². The zero-order valence-electron chi connectivity index (χ0n) is 11.1. The molecular formula is C15H15NO3. The summed E-state index contributed by atoms with van der Waals surface area (Å²) in [4.78, 5) is 24.0. The Labute approximate surface area is 111 Å². The van der Waals surface area contributed by atoms with E-state index in [-0.39, 0.29) is 5.78 Å². The largest absolute Gasteiger partial charge is 0.464 e. The zero-order chi connectivity index (χ0) is 14.0. The maximum Gasteiger partial charge on any atom is 0.354 e. The summed E-state index contributed by atoms with van der Waals surface area (Å²) >= 11 is 0. The number of rotatable bonds is 3. The summed E-state index contributed by atoms with van der Waals surface area (Å²) < 4.78 is 6.22. The number of aryl methyl sites for hydroxylation is 1. The van der Waals surface area contributed by atoms with Crippen LogP contribution in [-0.2, 0) is 11.8 Å². The van der Waals surface area contributed by atoms with Gasteiger partial charge in [0.1, 0.15) is 5.69 Å². The smallest absolute Gasteiger partial charge is 0.354 e. The van der Waals surface area contributed by atoms with Crippen LogP contribution in [0.5, 0.6) is 0 Å². The van der Waals surface area contributed by atoms with E-state index >= 15 is 0 Å². The number of benzene rings is 1. The number of methoxy groups -OCH3 is 1. The number of ether oxygens (including phenoxy) is 1. The lowest BCUT2D eigenvalue weighted by Crippen LogP contribution is -2.13. The highest BCUT2D eigenvalue weighted by Crippen LogP contribution is 2.16. The molecule has 0 atom stereocenters. The van der Waals surface area contributed by atoms with E-state index < -0.39 is 5.97 Å². The summed E-state index contributed by atoms with van der Waals surface area (Å²) in [6.07, 6.45) is 0. The molecule has 0 bridgehead atoms. The van der Waals surface area contributed by atoms with Gasteiger partial charge in [0.15, 0.2) is 0 Å². The lowest BCUT2D eigenvalue weighted by atomic mass is 10.0. The molecule has 0 aliphatic carbocycles. The minimum absolute atomic E-state index is 0.101. The first-order valence-corrected chi connectivity index (χ1v) is 5.90. The highest BCUT2D eigenvalue weighted by Gasteiger charge is 2.19. The first kappa shape index (κ1) is 13.1. The first-order chi connectivity index (χ1) is 9.06. The Bertz CT molecular complexity index is 641. The maximum atomic E-state index is 12.4. The predicted octanol–water partition coefficient (Wildman–Crippen LogP) is 2.35. The van der Waals surface area contributed by atoms with E-state index in [0.29, 0.717) is 17.0 Å². The number of hydrogen-bond donors (Lipinski definition) is 0. The van der Waals surface area contributed by atoms with Gasteiger partial charge in [-0.3, -0.25) is 4.79 Å². The molecule has 2 rings (SSSR count). The van der Waals surface area contributed by atoms with Crippen molar-refractivity contribution in [2.45, 2.75) is 6.92 Å². The van der Waals surface area contributed by atoms with Gasteiger partial charge in [-0.25, -0.2) is 4.79 Å².